The summed E-state index contributed by atoms with van der Waals surface area (Å²) in [6.45, 7) is 10.4. The average Bonchev–Trinajstić information content (AvgIpc) is 2.27. The highest BCUT2D eigenvalue weighted by atomic mass is 32.2. The molecule has 0 aromatic rings. The van der Waals surface area contributed by atoms with Crippen molar-refractivity contribution in [1.29, 1.82) is 0 Å². The summed E-state index contributed by atoms with van der Waals surface area (Å²) in [7, 11) is -1.49. The lowest BCUT2D eigenvalue weighted by atomic mass is 10.2. The van der Waals surface area contributed by atoms with Crippen molar-refractivity contribution in [3.05, 3.63) is 0 Å². The minimum atomic E-state index is -3.19. The lowest BCUT2D eigenvalue weighted by Gasteiger charge is -2.29. The third-order valence-corrected chi connectivity index (χ3v) is 5.46. The van der Waals surface area contributed by atoms with Crippen molar-refractivity contribution in [3.63, 3.8) is 0 Å². The second-order valence-electron chi connectivity index (χ2n) is 4.91. The Bertz CT molecular complexity index is 298. The molecule has 0 saturated heterocycles. The molecule has 0 amide bonds. The van der Waals surface area contributed by atoms with Gasteiger partial charge in [-0.3, -0.25) is 0 Å². The van der Waals surface area contributed by atoms with Gasteiger partial charge in [0, 0.05) is 25.7 Å². The summed E-state index contributed by atoms with van der Waals surface area (Å²) in [6.07, 6.45) is 1.72. The number of nitrogens with zero attached hydrogens (tertiary/aromatic N) is 1. The first-order chi connectivity index (χ1) is 7.77. The fourth-order valence-electron chi connectivity index (χ4n) is 1.80. The molecule has 5 heteroatoms. The van der Waals surface area contributed by atoms with E-state index in [0.29, 0.717) is 12.6 Å². The van der Waals surface area contributed by atoms with Crippen LogP contribution in [-0.2, 0) is 10.0 Å². The molecule has 1 unspecified atom stereocenters. The molecule has 0 saturated carbocycles. The van der Waals surface area contributed by atoms with E-state index in [-0.39, 0.29) is 11.3 Å². The van der Waals surface area contributed by atoms with Gasteiger partial charge in [-0.15, -0.1) is 0 Å². The highest BCUT2D eigenvalue weighted by molar-refractivity contribution is 7.89. The van der Waals surface area contributed by atoms with Gasteiger partial charge in [0.2, 0.25) is 10.0 Å². The van der Waals surface area contributed by atoms with E-state index in [1.165, 1.54) is 0 Å². The highest BCUT2D eigenvalue weighted by Gasteiger charge is 2.29. The molecule has 0 rings (SSSR count). The third kappa shape index (κ3) is 4.94. The Balaban J connectivity index is 4.64. The van der Waals surface area contributed by atoms with Crippen LogP contribution in [0.3, 0.4) is 0 Å². The largest absolute Gasteiger partial charge is 0.313 e. The number of hydrogen-bond donors (Lipinski definition) is 1. The maximum atomic E-state index is 12.3. The smallest absolute Gasteiger partial charge is 0.217 e. The van der Waals surface area contributed by atoms with Crippen molar-refractivity contribution in [2.75, 3.05) is 13.6 Å². The zero-order valence-corrected chi connectivity index (χ0v) is 12.8. The molecule has 1 atom stereocenters. The Morgan fingerprint density at radius 1 is 1.12 bits per heavy atom. The van der Waals surface area contributed by atoms with Gasteiger partial charge >= 0.3 is 0 Å². The molecule has 1 N–H and O–H groups in total. The summed E-state index contributed by atoms with van der Waals surface area (Å²) in [5.74, 6) is 0. The van der Waals surface area contributed by atoms with Crippen molar-refractivity contribution in [1.82, 2.24) is 9.62 Å². The molecule has 0 bridgehead atoms. The van der Waals surface area contributed by atoms with E-state index < -0.39 is 10.0 Å². The normalized spacial score (nSPS) is 14.9. The number of nitrogens with one attached hydrogen (secondary N) is 1. The summed E-state index contributed by atoms with van der Waals surface area (Å²) in [5.41, 5.74) is 0. The summed E-state index contributed by atoms with van der Waals surface area (Å²) in [5, 5.41) is 2.80. The summed E-state index contributed by atoms with van der Waals surface area (Å²) >= 11 is 0. The molecule has 0 fully saturated rings. The number of hydrogen-bond acceptors (Lipinski definition) is 3. The standard InChI is InChI=1S/C12H28N2O2S/c1-7-12(8-2)14(6)17(15,16)11(5)9-13-10(3)4/h10-13H,7-9H2,1-6H3. The Morgan fingerprint density at radius 2 is 1.59 bits per heavy atom. The van der Waals surface area contributed by atoms with Gasteiger partial charge in [-0.2, -0.15) is 0 Å². The SMILES string of the molecule is CCC(CC)N(C)S(=O)(=O)C(C)CNC(C)C. The van der Waals surface area contributed by atoms with Crippen molar-refractivity contribution in [2.24, 2.45) is 0 Å². The molecule has 0 aliphatic rings. The second kappa shape index (κ2) is 7.34. The zero-order chi connectivity index (χ0) is 13.6. The van der Waals surface area contributed by atoms with Crippen LogP contribution >= 0.6 is 0 Å². The van der Waals surface area contributed by atoms with Crippen molar-refractivity contribution in [2.45, 2.75) is 64.8 Å². The lowest BCUT2D eigenvalue weighted by molar-refractivity contribution is 0.344. The van der Waals surface area contributed by atoms with Gasteiger partial charge in [-0.25, -0.2) is 12.7 Å². The number of sulfonamides is 1. The van der Waals surface area contributed by atoms with Crippen LogP contribution < -0.4 is 5.32 Å². The van der Waals surface area contributed by atoms with Crippen LogP contribution in [0.4, 0.5) is 0 Å². The third-order valence-electron chi connectivity index (χ3n) is 3.18. The number of rotatable bonds is 8. The van der Waals surface area contributed by atoms with Crippen LogP contribution in [-0.4, -0.2) is 43.6 Å². The van der Waals surface area contributed by atoms with Crippen LogP contribution in [0.15, 0.2) is 0 Å². The predicted octanol–water partition coefficient (Wildman–Crippen LogP) is 1.82. The predicted molar refractivity (Wildman–Crippen MR) is 73.7 cm³/mol. The fraction of sp³-hybridized carbons (Fsp3) is 1.00. The van der Waals surface area contributed by atoms with Crippen LogP contribution in [0.1, 0.15) is 47.5 Å². The molecule has 0 radical (unpaired) electrons. The minimum Gasteiger partial charge on any atom is -0.313 e. The van der Waals surface area contributed by atoms with E-state index in [2.05, 4.69) is 5.32 Å². The topological polar surface area (TPSA) is 49.4 Å². The first-order valence-corrected chi connectivity index (χ1v) is 7.97. The van der Waals surface area contributed by atoms with Gasteiger partial charge in [-0.05, 0) is 19.8 Å². The van der Waals surface area contributed by atoms with Crippen molar-refractivity contribution >= 4 is 10.0 Å². The monoisotopic (exact) mass is 264 g/mol. The van der Waals surface area contributed by atoms with Crippen molar-refractivity contribution in [3.8, 4) is 0 Å². The average molecular weight is 264 g/mol. The molecular weight excluding hydrogens is 236 g/mol. The highest BCUT2D eigenvalue weighted by Crippen LogP contribution is 2.15. The summed E-state index contributed by atoms with van der Waals surface area (Å²) in [6, 6.07) is 0.424. The fourth-order valence-corrected chi connectivity index (χ4v) is 3.39. The molecule has 0 spiro atoms. The van der Waals surface area contributed by atoms with Crippen LogP contribution in [0.2, 0.25) is 0 Å². The molecule has 0 aliphatic heterocycles. The van der Waals surface area contributed by atoms with Gasteiger partial charge in [0.15, 0.2) is 0 Å². The summed E-state index contributed by atoms with van der Waals surface area (Å²) in [4.78, 5) is 0. The van der Waals surface area contributed by atoms with Crippen molar-refractivity contribution < 1.29 is 8.42 Å². The molecule has 4 nitrogen and oxygen atoms in total. The Kier molecular flexibility index (Phi) is 7.28. The molecule has 0 heterocycles. The van der Waals surface area contributed by atoms with E-state index in [9.17, 15) is 8.42 Å². The van der Waals surface area contributed by atoms with E-state index in [4.69, 9.17) is 0 Å². The zero-order valence-electron chi connectivity index (χ0n) is 12.0. The Morgan fingerprint density at radius 3 is 1.94 bits per heavy atom. The van der Waals surface area contributed by atoms with E-state index in [1.807, 2.05) is 27.7 Å². The maximum absolute atomic E-state index is 12.3. The second-order valence-corrected chi connectivity index (χ2v) is 7.32. The van der Waals surface area contributed by atoms with Crippen LogP contribution in [0.5, 0.6) is 0 Å². The first-order valence-electron chi connectivity index (χ1n) is 6.47. The molecule has 0 aromatic heterocycles. The Hall–Kier alpha value is -0.130. The van der Waals surface area contributed by atoms with E-state index in [0.717, 1.165) is 12.8 Å². The molecule has 0 aliphatic carbocycles. The molecule has 17 heavy (non-hydrogen) atoms. The quantitative estimate of drug-likeness (QED) is 0.727. The lowest BCUT2D eigenvalue weighted by Crippen LogP contribution is -2.45. The van der Waals surface area contributed by atoms with E-state index in [1.54, 1.807) is 18.3 Å². The minimum absolute atomic E-state index is 0.112. The molecular formula is C12H28N2O2S. The summed E-state index contributed by atoms with van der Waals surface area (Å²) < 4.78 is 26.1. The van der Waals surface area contributed by atoms with Crippen LogP contribution in [0, 0.1) is 0 Å². The van der Waals surface area contributed by atoms with E-state index >= 15 is 0 Å². The van der Waals surface area contributed by atoms with Crippen LogP contribution in [0.25, 0.3) is 0 Å². The van der Waals surface area contributed by atoms with Gasteiger partial charge in [-0.1, -0.05) is 27.7 Å². The van der Waals surface area contributed by atoms with Gasteiger partial charge in [0.05, 0.1) is 5.25 Å². The molecule has 0 aromatic carbocycles. The van der Waals surface area contributed by atoms with Gasteiger partial charge in [0.25, 0.3) is 0 Å². The Labute approximate surface area is 107 Å². The first kappa shape index (κ1) is 16.9. The van der Waals surface area contributed by atoms with Gasteiger partial charge < -0.3 is 5.32 Å². The molecule has 104 valence electrons. The maximum Gasteiger partial charge on any atom is 0.217 e. The van der Waals surface area contributed by atoms with Gasteiger partial charge in [0.1, 0.15) is 0 Å².